The molecular weight excluding hydrogens is 388 g/mol. The zero-order valence-electron chi connectivity index (χ0n) is 16.6. The normalized spacial score (nSPS) is 16.6. The molecule has 1 fully saturated rings. The Morgan fingerprint density at radius 2 is 1.90 bits per heavy atom. The van der Waals surface area contributed by atoms with Crippen LogP contribution in [0.3, 0.4) is 0 Å². The standard InChI is InChI=1S/C22H27ClN4O2/c23-17-10-8-16(9-11-17)21-25-20(18-6-2-1-3-15-27(18)21)22(29)24-12-5-14-26-13-4-7-19(26)28/h8-11H,1-7,12-15H2,(H,24,29). The number of halogens is 1. The van der Waals surface area contributed by atoms with Crippen LogP contribution >= 0.6 is 11.6 Å². The van der Waals surface area contributed by atoms with Gasteiger partial charge in [0.15, 0.2) is 0 Å². The molecule has 0 bridgehead atoms. The summed E-state index contributed by atoms with van der Waals surface area (Å²) in [4.78, 5) is 31.2. The number of fused-ring (bicyclic) bond motifs is 1. The Morgan fingerprint density at radius 3 is 2.66 bits per heavy atom. The quantitative estimate of drug-likeness (QED) is 0.733. The second-order valence-electron chi connectivity index (χ2n) is 7.79. The second-order valence-corrected chi connectivity index (χ2v) is 8.23. The van der Waals surface area contributed by atoms with Crippen LogP contribution in [0.25, 0.3) is 11.4 Å². The van der Waals surface area contributed by atoms with E-state index in [1.807, 2.05) is 29.2 Å². The first-order valence-corrected chi connectivity index (χ1v) is 10.9. The average Bonchev–Trinajstić information content (AvgIpc) is 3.20. The molecule has 29 heavy (non-hydrogen) atoms. The number of aromatic nitrogens is 2. The van der Waals surface area contributed by atoms with Crippen molar-refractivity contribution in [1.29, 1.82) is 0 Å². The van der Waals surface area contributed by atoms with Crippen LogP contribution in [-0.2, 0) is 17.8 Å². The number of imidazole rings is 1. The Morgan fingerprint density at radius 1 is 1.07 bits per heavy atom. The Balaban J connectivity index is 1.48. The van der Waals surface area contributed by atoms with Gasteiger partial charge < -0.3 is 14.8 Å². The van der Waals surface area contributed by atoms with Gasteiger partial charge in [0.2, 0.25) is 5.91 Å². The lowest BCUT2D eigenvalue weighted by molar-refractivity contribution is -0.127. The van der Waals surface area contributed by atoms with Crippen molar-refractivity contribution >= 4 is 23.4 Å². The van der Waals surface area contributed by atoms with E-state index in [1.165, 1.54) is 0 Å². The van der Waals surface area contributed by atoms with Crippen LogP contribution in [0.5, 0.6) is 0 Å². The molecule has 2 aliphatic heterocycles. The fourth-order valence-electron chi connectivity index (χ4n) is 4.22. The predicted molar refractivity (Wildman–Crippen MR) is 113 cm³/mol. The molecule has 0 radical (unpaired) electrons. The Bertz CT molecular complexity index is 891. The Labute approximate surface area is 176 Å². The molecule has 7 heteroatoms. The van der Waals surface area contributed by atoms with Gasteiger partial charge >= 0.3 is 0 Å². The van der Waals surface area contributed by atoms with Crippen molar-refractivity contribution in [3.8, 4) is 11.4 Å². The van der Waals surface area contributed by atoms with E-state index in [0.717, 1.165) is 68.7 Å². The van der Waals surface area contributed by atoms with Gasteiger partial charge in [0.05, 0.1) is 5.69 Å². The van der Waals surface area contributed by atoms with Gasteiger partial charge in [-0.25, -0.2) is 4.98 Å². The van der Waals surface area contributed by atoms with E-state index < -0.39 is 0 Å². The zero-order valence-corrected chi connectivity index (χ0v) is 17.4. The monoisotopic (exact) mass is 414 g/mol. The molecule has 2 aromatic rings. The summed E-state index contributed by atoms with van der Waals surface area (Å²) in [6.07, 6.45) is 6.55. The number of hydrogen-bond donors (Lipinski definition) is 1. The number of benzene rings is 1. The summed E-state index contributed by atoms with van der Waals surface area (Å²) >= 11 is 6.04. The number of nitrogens with zero attached hydrogens (tertiary/aromatic N) is 3. The first kappa shape index (κ1) is 20.0. The maximum absolute atomic E-state index is 12.9. The maximum atomic E-state index is 12.9. The van der Waals surface area contributed by atoms with Crippen LogP contribution < -0.4 is 5.32 Å². The van der Waals surface area contributed by atoms with Gasteiger partial charge in [0, 0.05) is 43.2 Å². The molecule has 1 aromatic carbocycles. The smallest absolute Gasteiger partial charge is 0.271 e. The van der Waals surface area contributed by atoms with Crippen LogP contribution in [0.1, 0.15) is 54.7 Å². The van der Waals surface area contributed by atoms with Gasteiger partial charge in [-0.05, 0) is 56.4 Å². The van der Waals surface area contributed by atoms with Crippen LogP contribution in [0.2, 0.25) is 5.02 Å². The number of carbonyl (C=O) groups excluding carboxylic acids is 2. The molecule has 2 aliphatic rings. The van der Waals surface area contributed by atoms with E-state index in [2.05, 4.69) is 9.88 Å². The molecule has 1 saturated heterocycles. The number of rotatable bonds is 6. The maximum Gasteiger partial charge on any atom is 0.271 e. The molecule has 0 saturated carbocycles. The summed E-state index contributed by atoms with van der Waals surface area (Å²) in [6.45, 7) is 2.97. The second kappa shape index (κ2) is 8.99. The summed E-state index contributed by atoms with van der Waals surface area (Å²) in [5.41, 5.74) is 2.54. The van der Waals surface area contributed by atoms with Gasteiger partial charge in [-0.1, -0.05) is 18.0 Å². The molecule has 0 atom stereocenters. The zero-order chi connectivity index (χ0) is 20.2. The van der Waals surface area contributed by atoms with Crippen molar-refractivity contribution < 1.29 is 9.59 Å². The molecule has 6 nitrogen and oxygen atoms in total. The summed E-state index contributed by atoms with van der Waals surface area (Å²) in [6, 6.07) is 7.62. The van der Waals surface area contributed by atoms with Crippen LogP contribution in [0.4, 0.5) is 0 Å². The van der Waals surface area contributed by atoms with Crippen molar-refractivity contribution in [3.05, 3.63) is 40.7 Å². The minimum Gasteiger partial charge on any atom is -0.351 e. The highest BCUT2D eigenvalue weighted by molar-refractivity contribution is 6.30. The molecule has 1 N–H and O–H groups in total. The largest absolute Gasteiger partial charge is 0.351 e. The number of amides is 2. The first-order chi connectivity index (χ1) is 14.1. The first-order valence-electron chi connectivity index (χ1n) is 10.5. The summed E-state index contributed by atoms with van der Waals surface area (Å²) in [7, 11) is 0. The van der Waals surface area contributed by atoms with E-state index in [9.17, 15) is 9.59 Å². The lowest BCUT2D eigenvalue weighted by Crippen LogP contribution is -2.31. The molecule has 2 amide bonds. The highest BCUT2D eigenvalue weighted by Crippen LogP contribution is 2.28. The Kier molecular flexibility index (Phi) is 6.19. The van der Waals surface area contributed by atoms with E-state index in [1.54, 1.807) is 0 Å². The van der Waals surface area contributed by atoms with Gasteiger partial charge in [-0.15, -0.1) is 0 Å². The summed E-state index contributed by atoms with van der Waals surface area (Å²) < 4.78 is 2.20. The fraction of sp³-hybridized carbons (Fsp3) is 0.500. The molecule has 0 aliphatic carbocycles. The van der Waals surface area contributed by atoms with Crippen LogP contribution in [0, 0.1) is 0 Å². The molecule has 0 spiro atoms. The fourth-order valence-corrected chi connectivity index (χ4v) is 4.34. The van der Waals surface area contributed by atoms with Crippen molar-refractivity contribution in [2.24, 2.45) is 0 Å². The minimum atomic E-state index is -0.122. The average molecular weight is 415 g/mol. The molecule has 154 valence electrons. The lowest BCUT2D eigenvalue weighted by Gasteiger charge is -2.15. The summed E-state index contributed by atoms with van der Waals surface area (Å²) in [5, 5.41) is 3.69. The minimum absolute atomic E-state index is 0.122. The number of nitrogens with one attached hydrogen (secondary N) is 1. The van der Waals surface area contributed by atoms with Crippen molar-refractivity contribution in [2.45, 2.75) is 51.5 Å². The third-order valence-corrected chi connectivity index (χ3v) is 6.00. The molecule has 3 heterocycles. The lowest BCUT2D eigenvalue weighted by atomic mass is 10.1. The van der Waals surface area contributed by atoms with Crippen molar-refractivity contribution in [2.75, 3.05) is 19.6 Å². The molecular formula is C22H27ClN4O2. The van der Waals surface area contributed by atoms with E-state index in [4.69, 9.17) is 16.6 Å². The highest BCUT2D eigenvalue weighted by Gasteiger charge is 2.24. The van der Waals surface area contributed by atoms with E-state index in [-0.39, 0.29) is 11.8 Å². The molecule has 1 aromatic heterocycles. The van der Waals surface area contributed by atoms with Crippen LogP contribution in [0.15, 0.2) is 24.3 Å². The van der Waals surface area contributed by atoms with Gasteiger partial charge in [-0.2, -0.15) is 0 Å². The molecule has 0 unspecified atom stereocenters. The van der Waals surface area contributed by atoms with Gasteiger partial charge in [0.25, 0.3) is 5.91 Å². The van der Waals surface area contributed by atoms with Gasteiger partial charge in [0.1, 0.15) is 11.5 Å². The number of hydrogen-bond acceptors (Lipinski definition) is 3. The van der Waals surface area contributed by atoms with Crippen LogP contribution in [-0.4, -0.2) is 45.9 Å². The van der Waals surface area contributed by atoms with Crippen molar-refractivity contribution in [3.63, 3.8) is 0 Å². The highest BCUT2D eigenvalue weighted by atomic mass is 35.5. The SMILES string of the molecule is O=C(NCCCN1CCCC1=O)c1nc(-c2ccc(Cl)cc2)n2c1CCCCC2. The third-order valence-electron chi connectivity index (χ3n) is 5.75. The van der Waals surface area contributed by atoms with Gasteiger partial charge in [-0.3, -0.25) is 9.59 Å². The summed E-state index contributed by atoms with van der Waals surface area (Å²) in [5.74, 6) is 0.943. The van der Waals surface area contributed by atoms with E-state index >= 15 is 0 Å². The van der Waals surface area contributed by atoms with E-state index in [0.29, 0.717) is 30.2 Å². The topological polar surface area (TPSA) is 67.2 Å². The number of likely N-dealkylation sites (tertiary alicyclic amines) is 1. The predicted octanol–water partition coefficient (Wildman–Crippen LogP) is 3.67. The number of carbonyl (C=O) groups is 2. The third kappa shape index (κ3) is 4.47. The molecule has 4 rings (SSSR count). The van der Waals surface area contributed by atoms with Crippen molar-refractivity contribution in [1.82, 2.24) is 19.8 Å². The Hall–Kier alpha value is -2.34.